The molecule has 0 radical (unpaired) electrons. The number of benzene rings is 2. The van der Waals surface area contributed by atoms with Crippen molar-refractivity contribution in [1.82, 2.24) is 4.83 Å². The van der Waals surface area contributed by atoms with Gasteiger partial charge >= 0.3 is 0 Å². The first-order valence-corrected chi connectivity index (χ1v) is 9.56. The van der Waals surface area contributed by atoms with E-state index in [2.05, 4.69) is 9.93 Å². The molecule has 0 aromatic heterocycles. The Bertz CT molecular complexity index is 929. The number of nitrogens with zero attached hydrogens (tertiary/aromatic N) is 1. The summed E-state index contributed by atoms with van der Waals surface area (Å²) >= 11 is 0. The van der Waals surface area contributed by atoms with Crippen LogP contribution in [0.15, 0.2) is 46.4 Å². The van der Waals surface area contributed by atoms with Crippen LogP contribution in [0.3, 0.4) is 0 Å². The highest BCUT2D eigenvalue weighted by molar-refractivity contribution is 7.89. The topological polar surface area (TPSA) is 88.0 Å². The van der Waals surface area contributed by atoms with Gasteiger partial charge in [0.1, 0.15) is 0 Å². The fourth-order valence-corrected chi connectivity index (χ4v) is 3.41. The van der Waals surface area contributed by atoms with Crippen LogP contribution in [0.25, 0.3) is 0 Å². The fourth-order valence-electron chi connectivity index (χ4n) is 2.35. The van der Waals surface area contributed by atoms with Gasteiger partial charge in [0.25, 0.3) is 10.0 Å². The molecular weight excluding hydrogens is 352 g/mol. The first-order chi connectivity index (χ1) is 12.0. The normalized spacial score (nSPS) is 12.3. The van der Waals surface area contributed by atoms with Gasteiger partial charge in [0, 0.05) is 0 Å². The minimum atomic E-state index is -3.80. The van der Waals surface area contributed by atoms with Crippen LogP contribution < -0.4 is 9.57 Å². The molecule has 2 aromatic rings. The Morgan fingerprint density at radius 2 is 1.85 bits per heavy atom. The molecule has 2 aromatic carbocycles. The highest BCUT2D eigenvalue weighted by Gasteiger charge is 2.21. The van der Waals surface area contributed by atoms with Gasteiger partial charge in [-0.2, -0.15) is 13.5 Å². The molecule has 0 aliphatic heterocycles. The Kier molecular flexibility index (Phi) is 5.61. The number of sulfonamides is 1. The second kappa shape index (κ2) is 7.37. The number of ether oxygens (including phenoxy) is 1. The van der Waals surface area contributed by atoms with E-state index in [1.54, 1.807) is 31.2 Å². The van der Waals surface area contributed by atoms with Crippen molar-refractivity contribution in [3.63, 3.8) is 0 Å². The minimum absolute atomic E-state index is 0.000138. The number of aromatic hydroxyl groups is 1. The Labute approximate surface area is 154 Å². The SMILES string of the molecule is COc1cc(/C=N/NS(=O)(=O)c2cc(C(C)(C)C)ccc2C)ccc1O. The number of nitrogens with one attached hydrogen (secondary N) is 1. The summed E-state index contributed by atoms with van der Waals surface area (Å²) < 4.78 is 30.2. The quantitative estimate of drug-likeness (QED) is 0.619. The lowest BCUT2D eigenvalue weighted by Crippen LogP contribution is -2.21. The summed E-state index contributed by atoms with van der Waals surface area (Å²) in [7, 11) is -2.36. The van der Waals surface area contributed by atoms with E-state index >= 15 is 0 Å². The van der Waals surface area contributed by atoms with Crippen molar-refractivity contribution in [3.8, 4) is 11.5 Å². The van der Waals surface area contributed by atoms with Gasteiger partial charge in [-0.25, -0.2) is 4.83 Å². The lowest BCUT2D eigenvalue weighted by atomic mass is 9.87. The molecular formula is C19H24N2O4S. The zero-order valence-electron chi connectivity index (χ0n) is 15.6. The Morgan fingerprint density at radius 3 is 2.46 bits per heavy atom. The van der Waals surface area contributed by atoms with Gasteiger partial charge in [-0.1, -0.05) is 32.9 Å². The fraction of sp³-hybridized carbons (Fsp3) is 0.316. The van der Waals surface area contributed by atoms with Gasteiger partial charge in [-0.15, -0.1) is 0 Å². The molecule has 26 heavy (non-hydrogen) atoms. The maximum absolute atomic E-state index is 12.6. The molecule has 0 fully saturated rings. The predicted octanol–water partition coefficient (Wildman–Crippen LogP) is 3.32. The summed E-state index contributed by atoms with van der Waals surface area (Å²) in [5.41, 5.74) is 1.99. The third kappa shape index (κ3) is 4.54. The van der Waals surface area contributed by atoms with E-state index in [0.29, 0.717) is 11.1 Å². The van der Waals surface area contributed by atoms with Crippen LogP contribution >= 0.6 is 0 Å². The molecule has 0 unspecified atom stereocenters. The molecule has 140 valence electrons. The Balaban J connectivity index is 2.27. The maximum atomic E-state index is 12.6. The molecule has 0 atom stereocenters. The second-order valence-corrected chi connectivity index (χ2v) is 8.64. The second-order valence-electron chi connectivity index (χ2n) is 7.01. The molecule has 0 spiro atoms. The smallest absolute Gasteiger partial charge is 0.276 e. The molecule has 0 saturated heterocycles. The summed E-state index contributed by atoms with van der Waals surface area (Å²) in [6.07, 6.45) is 1.35. The van der Waals surface area contributed by atoms with Gasteiger partial charge < -0.3 is 9.84 Å². The van der Waals surface area contributed by atoms with E-state index < -0.39 is 10.0 Å². The number of methoxy groups -OCH3 is 1. The summed E-state index contributed by atoms with van der Waals surface area (Å²) in [5.74, 6) is 0.283. The van der Waals surface area contributed by atoms with E-state index in [1.165, 1.54) is 19.4 Å². The van der Waals surface area contributed by atoms with E-state index in [4.69, 9.17) is 4.74 Å². The molecule has 7 heteroatoms. The van der Waals surface area contributed by atoms with Crippen LogP contribution in [-0.4, -0.2) is 26.8 Å². The summed E-state index contributed by atoms with van der Waals surface area (Å²) in [6.45, 7) is 7.82. The van der Waals surface area contributed by atoms with Crippen molar-refractivity contribution in [2.45, 2.75) is 38.0 Å². The average Bonchev–Trinajstić information content (AvgIpc) is 2.55. The van der Waals surface area contributed by atoms with Crippen molar-refractivity contribution < 1.29 is 18.3 Å². The number of aryl methyl sites for hydroxylation is 1. The van der Waals surface area contributed by atoms with Crippen molar-refractivity contribution in [2.24, 2.45) is 5.10 Å². The van der Waals surface area contributed by atoms with E-state index in [-0.39, 0.29) is 21.8 Å². The monoisotopic (exact) mass is 376 g/mol. The first-order valence-electron chi connectivity index (χ1n) is 8.07. The van der Waals surface area contributed by atoms with Crippen LogP contribution in [0.1, 0.15) is 37.5 Å². The third-order valence-electron chi connectivity index (χ3n) is 3.93. The van der Waals surface area contributed by atoms with Crippen molar-refractivity contribution in [3.05, 3.63) is 53.1 Å². The maximum Gasteiger partial charge on any atom is 0.276 e. The number of phenolic OH excluding ortho intramolecular Hbond substituents is 1. The summed E-state index contributed by atoms with van der Waals surface area (Å²) in [4.78, 5) is 2.43. The number of hydrogen-bond donors (Lipinski definition) is 2. The summed E-state index contributed by atoms with van der Waals surface area (Å²) in [5, 5.41) is 13.4. The minimum Gasteiger partial charge on any atom is -0.504 e. The van der Waals surface area contributed by atoms with Gasteiger partial charge in [-0.3, -0.25) is 0 Å². The van der Waals surface area contributed by atoms with Crippen molar-refractivity contribution in [1.29, 1.82) is 0 Å². The predicted molar refractivity (Wildman–Crippen MR) is 102 cm³/mol. The largest absolute Gasteiger partial charge is 0.504 e. The molecule has 0 heterocycles. The van der Waals surface area contributed by atoms with Gasteiger partial charge in [-0.05, 0) is 53.3 Å². The van der Waals surface area contributed by atoms with Crippen LogP contribution in [0.4, 0.5) is 0 Å². The molecule has 2 rings (SSSR count). The number of hydrogen-bond acceptors (Lipinski definition) is 5. The van der Waals surface area contributed by atoms with Crippen LogP contribution in [-0.2, 0) is 15.4 Å². The van der Waals surface area contributed by atoms with Crippen LogP contribution in [0.2, 0.25) is 0 Å². The molecule has 0 aliphatic rings. The molecule has 0 amide bonds. The summed E-state index contributed by atoms with van der Waals surface area (Å²) in [6, 6.07) is 10.0. The standard InChI is InChI=1S/C19H24N2O4S/c1-13-6-8-15(19(2,3)4)11-18(13)26(23,24)21-20-12-14-7-9-16(22)17(10-14)25-5/h6-12,21-22H,1-5H3/b20-12+. The lowest BCUT2D eigenvalue weighted by Gasteiger charge is -2.20. The Hall–Kier alpha value is -2.54. The van der Waals surface area contributed by atoms with Crippen LogP contribution in [0, 0.1) is 6.92 Å². The number of rotatable bonds is 5. The first kappa shape index (κ1) is 19.8. The molecule has 0 aliphatic carbocycles. The van der Waals surface area contributed by atoms with Gasteiger partial charge in [0.05, 0.1) is 18.2 Å². The van der Waals surface area contributed by atoms with Gasteiger partial charge in [0.2, 0.25) is 0 Å². The number of phenols is 1. The van der Waals surface area contributed by atoms with Crippen molar-refractivity contribution in [2.75, 3.05) is 7.11 Å². The van der Waals surface area contributed by atoms with Crippen molar-refractivity contribution >= 4 is 16.2 Å². The lowest BCUT2D eigenvalue weighted by molar-refractivity contribution is 0.373. The third-order valence-corrected chi connectivity index (χ3v) is 5.30. The van der Waals surface area contributed by atoms with E-state index in [0.717, 1.165) is 5.56 Å². The van der Waals surface area contributed by atoms with Crippen LogP contribution in [0.5, 0.6) is 11.5 Å². The van der Waals surface area contributed by atoms with E-state index in [9.17, 15) is 13.5 Å². The molecule has 0 saturated carbocycles. The zero-order valence-corrected chi connectivity index (χ0v) is 16.4. The zero-order chi connectivity index (χ0) is 19.5. The number of hydrazone groups is 1. The molecule has 2 N–H and O–H groups in total. The van der Waals surface area contributed by atoms with E-state index in [1.807, 2.05) is 26.8 Å². The molecule has 6 nitrogen and oxygen atoms in total. The molecule has 0 bridgehead atoms. The highest BCUT2D eigenvalue weighted by Crippen LogP contribution is 2.27. The average molecular weight is 376 g/mol. The Morgan fingerprint density at radius 1 is 1.15 bits per heavy atom. The highest BCUT2D eigenvalue weighted by atomic mass is 32.2. The van der Waals surface area contributed by atoms with Gasteiger partial charge in [0.15, 0.2) is 11.5 Å².